The third-order valence-electron chi connectivity index (χ3n) is 5.84. The van der Waals surface area contributed by atoms with Gasteiger partial charge in [-0.15, -0.1) is 0 Å². The Morgan fingerprint density at radius 1 is 1.12 bits per heavy atom. The van der Waals surface area contributed by atoms with Crippen molar-refractivity contribution < 1.29 is 14.7 Å². The van der Waals surface area contributed by atoms with Crippen molar-refractivity contribution in [1.82, 2.24) is 19.5 Å². The van der Waals surface area contributed by atoms with E-state index >= 15 is 0 Å². The number of pyridine rings is 2. The van der Waals surface area contributed by atoms with Gasteiger partial charge in [0.15, 0.2) is 5.82 Å². The lowest BCUT2D eigenvalue weighted by Gasteiger charge is -2.16. The summed E-state index contributed by atoms with van der Waals surface area (Å²) in [5.74, 6) is -0.0273. The van der Waals surface area contributed by atoms with E-state index in [2.05, 4.69) is 23.8 Å². The van der Waals surface area contributed by atoms with Crippen LogP contribution in [0.25, 0.3) is 22.8 Å². The number of benzene rings is 1. The molecule has 0 radical (unpaired) electrons. The Balaban J connectivity index is 1.48. The number of hydrogen-bond donors (Lipinski definition) is 2. The number of fused-ring (bicyclic) bond motifs is 1. The van der Waals surface area contributed by atoms with Crippen molar-refractivity contribution in [3.8, 4) is 22.8 Å². The molecular formula is C25H22N6O3. The lowest BCUT2D eigenvalue weighted by molar-refractivity contribution is 0.0697. The Bertz CT molecular complexity index is 1440. The summed E-state index contributed by atoms with van der Waals surface area (Å²) in [6.45, 7) is 4.53. The Labute approximate surface area is 195 Å². The van der Waals surface area contributed by atoms with Crippen LogP contribution in [0.4, 0.5) is 11.5 Å². The number of nitrogens with zero attached hydrogens (tertiary/aromatic N) is 5. The van der Waals surface area contributed by atoms with Gasteiger partial charge in [-0.3, -0.25) is 14.7 Å². The van der Waals surface area contributed by atoms with Crippen molar-refractivity contribution in [2.24, 2.45) is 0 Å². The van der Waals surface area contributed by atoms with Gasteiger partial charge in [-0.1, -0.05) is 18.2 Å². The molecule has 1 aliphatic rings. The molecule has 4 aromatic rings. The van der Waals surface area contributed by atoms with Crippen molar-refractivity contribution in [1.29, 1.82) is 0 Å². The first-order chi connectivity index (χ1) is 16.3. The van der Waals surface area contributed by atoms with Crippen molar-refractivity contribution in [2.45, 2.75) is 26.4 Å². The summed E-state index contributed by atoms with van der Waals surface area (Å²) in [6.07, 6.45) is 4.97. The number of nitrogen functional groups attached to an aromatic ring is 1. The fourth-order valence-electron chi connectivity index (χ4n) is 4.08. The highest BCUT2D eigenvalue weighted by atomic mass is 16.4. The zero-order chi connectivity index (χ0) is 24.0. The van der Waals surface area contributed by atoms with Gasteiger partial charge in [-0.05, 0) is 43.7 Å². The lowest BCUT2D eigenvalue weighted by Crippen LogP contribution is -2.24. The number of anilines is 2. The summed E-state index contributed by atoms with van der Waals surface area (Å²) in [4.78, 5) is 39.8. The van der Waals surface area contributed by atoms with E-state index in [-0.39, 0.29) is 23.2 Å². The second kappa shape index (κ2) is 8.11. The highest BCUT2D eigenvalue weighted by Gasteiger charge is 2.30. The van der Waals surface area contributed by atoms with Crippen molar-refractivity contribution in [2.75, 3.05) is 10.6 Å². The average Bonchev–Trinajstić information content (AvgIpc) is 3.44. The maximum absolute atomic E-state index is 13.3. The number of hydrogen-bond acceptors (Lipinski definition) is 6. The summed E-state index contributed by atoms with van der Waals surface area (Å²) in [7, 11) is 0. The predicted octanol–water partition coefficient (Wildman–Crippen LogP) is 4.03. The Morgan fingerprint density at radius 3 is 2.71 bits per heavy atom. The summed E-state index contributed by atoms with van der Waals surface area (Å²) >= 11 is 0. The van der Waals surface area contributed by atoms with Crippen LogP contribution in [0.3, 0.4) is 0 Å². The average molecular weight is 454 g/mol. The van der Waals surface area contributed by atoms with Crippen LogP contribution in [0.15, 0.2) is 61.1 Å². The van der Waals surface area contributed by atoms with Gasteiger partial charge in [0.05, 0.1) is 29.7 Å². The minimum Gasteiger partial charge on any atom is -0.478 e. The second-order valence-electron chi connectivity index (χ2n) is 8.36. The van der Waals surface area contributed by atoms with Gasteiger partial charge in [0.2, 0.25) is 0 Å². The summed E-state index contributed by atoms with van der Waals surface area (Å²) in [5.41, 5.74) is 8.92. The van der Waals surface area contributed by atoms with Crippen LogP contribution >= 0.6 is 0 Å². The Hall–Kier alpha value is -4.53. The maximum atomic E-state index is 13.3. The van der Waals surface area contributed by atoms with Crippen LogP contribution in [0.5, 0.6) is 0 Å². The monoisotopic (exact) mass is 454 g/mol. The van der Waals surface area contributed by atoms with E-state index in [1.54, 1.807) is 23.2 Å². The first-order valence-corrected chi connectivity index (χ1v) is 10.8. The van der Waals surface area contributed by atoms with Crippen LogP contribution < -0.4 is 10.6 Å². The molecule has 0 bridgehead atoms. The molecule has 0 saturated heterocycles. The van der Waals surface area contributed by atoms with Crippen LogP contribution in [0, 0.1) is 0 Å². The quantitative estimate of drug-likeness (QED) is 0.466. The maximum Gasteiger partial charge on any atom is 0.337 e. The Kier molecular flexibility index (Phi) is 5.09. The van der Waals surface area contributed by atoms with Gasteiger partial charge in [-0.25, -0.2) is 14.8 Å². The minimum atomic E-state index is -1.13. The number of aromatic nitrogens is 4. The van der Waals surface area contributed by atoms with Gasteiger partial charge in [-0.2, -0.15) is 0 Å². The first kappa shape index (κ1) is 21.3. The molecule has 0 aliphatic carbocycles. The molecule has 34 heavy (non-hydrogen) atoms. The highest BCUT2D eigenvalue weighted by Crippen LogP contribution is 2.32. The molecule has 0 saturated carbocycles. The molecule has 4 heterocycles. The van der Waals surface area contributed by atoms with Gasteiger partial charge >= 0.3 is 5.97 Å². The van der Waals surface area contributed by atoms with Crippen molar-refractivity contribution in [3.63, 3.8) is 0 Å². The standard InChI is InChI=1S/C25H22N6O3/c1-14(2)30-9-8-27-23(30)20-4-3-5-22(29-20)31-13-16-7-6-15(10-17(16)24(31)32)21-11-18(25(33)34)19(26)12-28-21/h3-12,14H,13,26H2,1-2H3,(H,33,34). The van der Waals surface area contributed by atoms with E-state index < -0.39 is 5.97 Å². The Morgan fingerprint density at radius 2 is 1.94 bits per heavy atom. The summed E-state index contributed by atoms with van der Waals surface area (Å²) in [5, 5.41) is 9.35. The normalized spacial score (nSPS) is 12.9. The van der Waals surface area contributed by atoms with Crippen molar-refractivity contribution >= 4 is 23.4 Å². The summed E-state index contributed by atoms with van der Waals surface area (Å²) < 4.78 is 2.03. The van der Waals surface area contributed by atoms with Gasteiger partial charge in [0, 0.05) is 29.6 Å². The molecule has 1 amide bonds. The molecule has 170 valence electrons. The van der Waals surface area contributed by atoms with Crippen LogP contribution in [0.1, 0.15) is 46.2 Å². The highest BCUT2D eigenvalue weighted by molar-refractivity contribution is 6.10. The molecule has 5 rings (SSSR count). The number of carbonyl (C=O) groups is 2. The van der Waals surface area contributed by atoms with Crippen LogP contribution in [-0.4, -0.2) is 36.5 Å². The van der Waals surface area contributed by atoms with E-state index in [0.29, 0.717) is 34.9 Å². The lowest BCUT2D eigenvalue weighted by atomic mass is 10.0. The third-order valence-corrected chi connectivity index (χ3v) is 5.84. The van der Waals surface area contributed by atoms with Crippen LogP contribution in [-0.2, 0) is 6.54 Å². The molecule has 9 heteroatoms. The topological polar surface area (TPSA) is 127 Å². The van der Waals surface area contributed by atoms with Gasteiger partial charge < -0.3 is 15.4 Å². The smallest absolute Gasteiger partial charge is 0.337 e. The third kappa shape index (κ3) is 3.57. The largest absolute Gasteiger partial charge is 0.478 e. The van der Waals surface area contributed by atoms with E-state index in [1.807, 2.05) is 35.0 Å². The molecule has 9 nitrogen and oxygen atoms in total. The number of nitrogens with two attached hydrogens (primary N) is 1. The number of amides is 1. The van der Waals surface area contributed by atoms with Crippen LogP contribution in [0.2, 0.25) is 0 Å². The number of carbonyl (C=O) groups excluding carboxylic acids is 1. The SMILES string of the molecule is CC(C)n1ccnc1-c1cccc(N2Cc3ccc(-c4cc(C(=O)O)c(N)cn4)cc3C2=O)n1. The van der Waals surface area contributed by atoms with Crippen molar-refractivity contribution in [3.05, 3.63) is 77.7 Å². The molecule has 3 aromatic heterocycles. The minimum absolute atomic E-state index is 0.0285. The van der Waals surface area contributed by atoms with E-state index in [0.717, 1.165) is 11.4 Å². The van der Waals surface area contributed by atoms with E-state index in [9.17, 15) is 14.7 Å². The molecular weight excluding hydrogens is 432 g/mol. The molecule has 0 spiro atoms. The number of carboxylic acid groups (broad SMARTS) is 1. The molecule has 1 aliphatic heterocycles. The number of carboxylic acids is 1. The predicted molar refractivity (Wildman–Crippen MR) is 127 cm³/mol. The molecule has 1 aromatic carbocycles. The zero-order valence-corrected chi connectivity index (χ0v) is 18.6. The zero-order valence-electron chi connectivity index (χ0n) is 18.6. The van der Waals surface area contributed by atoms with Gasteiger partial charge in [0.25, 0.3) is 5.91 Å². The number of imidazole rings is 1. The second-order valence-corrected chi connectivity index (χ2v) is 8.36. The fourth-order valence-corrected chi connectivity index (χ4v) is 4.08. The number of rotatable bonds is 5. The summed E-state index contributed by atoms with van der Waals surface area (Å²) in [6, 6.07) is 12.6. The van der Waals surface area contributed by atoms with E-state index in [4.69, 9.17) is 10.7 Å². The molecule has 0 atom stereocenters. The number of aromatic carboxylic acids is 1. The molecule has 0 unspecified atom stereocenters. The first-order valence-electron chi connectivity index (χ1n) is 10.8. The molecule has 3 N–H and O–H groups in total. The molecule has 0 fully saturated rings. The fraction of sp³-hybridized carbons (Fsp3) is 0.160. The van der Waals surface area contributed by atoms with Gasteiger partial charge in [0.1, 0.15) is 11.5 Å². The van der Waals surface area contributed by atoms with E-state index in [1.165, 1.54) is 12.3 Å².